The van der Waals surface area contributed by atoms with Crippen molar-refractivity contribution in [3.05, 3.63) is 53.8 Å². The molecule has 2 aromatic rings. The standard InChI is InChI=1S/C24H32FN3O3.HI/c1-2-29-15-6-5-13-26-24(27-14-12-19-8-3-4-9-21(19)25)28-20-10-11-22-23(18-20)31-17-7-16-30-22;/h3-4,8-11,18H,2,5-7,12-17H2,1H3,(H2,26,27,28);1H. The fourth-order valence-corrected chi connectivity index (χ4v) is 3.19. The van der Waals surface area contributed by atoms with Crippen molar-refractivity contribution in [3.8, 4) is 11.5 Å². The predicted octanol–water partition coefficient (Wildman–Crippen LogP) is 5.02. The van der Waals surface area contributed by atoms with Gasteiger partial charge in [-0.1, -0.05) is 18.2 Å². The molecule has 0 spiro atoms. The molecule has 0 saturated carbocycles. The smallest absolute Gasteiger partial charge is 0.195 e. The van der Waals surface area contributed by atoms with Crippen LogP contribution in [-0.4, -0.2) is 45.5 Å². The minimum atomic E-state index is -0.186. The van der Waals surface area contributed by atoms with Crippen molar-refractivity contribution >= 4 is 35.6 Å². The molecule has 8 heteroatoms. The summed E-state index contributed by atoms with van der Waals surface area (Å²) in [6.45, 7) is 6.01. The molecule has 0 unspecified atom stereocenters. The molecule has 1 aliphatic rings. The lowest BCUT2D eigenvalue weighted by atomic mass is 10.1. The molecule has 0 atom stereocenters. The summed E-state index contributed by atoms with van der Waals surface area (Å²) in [5, 5.41) is 6.64. The van der Waals surface area contributed by atoms with Gasteiger partial charge in [-0.05, 0) is 49.9 Å². The van der Waals surface area contributed by atoms with Crippen LogP contribution in [0.4, 0.5) is 10.1 Å². The van der Waals surface area contributed by atoms with Crippen LogP contribution in [0.5, 0.6) is 11.5 Å². The number of anilines is 1. The molecule has 0 amide bonds. The highest BCUT2D eigenvalue weighted by atomic mass is 127. The quantitative estimate of drug-likeness (QED) is 0.186. The Labute approximate surface area is 207 Å². The molecule has 32 heavy (non-hydrogen) atoms. The lowest BCUT2D eigenvalue weighted by Crippen LogP contribution is -2.32. The fraction of sp³-hybridized carbons (Fsp3) is 0.458. The van der Waals surface area contributed by atoms with Crippen LogP contribution in [0.3, 0.4) is 0 Å². The van der Waals surface area contributed by atoms with E-state index in [1.165, 1.54) is 6.07 Å². The van der Waals surface area contributed by atoms with Gasteiger partial charge < -0.3 is 24.8 Å². The van der Waals surface area contributed by atoms with E-state index in [4.69, 9.17) is 14.2 Å². The van der Waals surface area contributed by atoms with E-state index in [1.54, 1.807) is 12.1 Å². The molecule has 1 aliphatic heterocycles. The van der Waals surface area contributed by atoms with Crippen LogP contribution in [0.2, 0.25) is 0 Å². The average molecular weight is 557 g/mol. The Morgan fingerprint density at radius 1 is 1.09 bits per heavy atom. The molecule has 0 radical (unpaired) electrons. The highest BCUT2D eigenvalue weighted by Crippen LogP contribution is 2.32. The Kier molecular flexibility index (Phi) is 12.2. The Morgan fingerprint density at radius 3 is 2.72 bits per heavy atom. The van der Waals surface area contributed by atoms with E-state index in [1.807, 2.05) is 31.2 Å². The van der Waals surface area contributed by atoms with Crippen molar-refractivity contribution in [3.63, 3.8) is 0 Å². The zero-order valence-electron chi connectivity index (χ0n) is 18.6. The maximum atomic E-state index is 13.9. The van der Waals surface area contributed by atoms with Crippen LogP contribution in [0, 0.1) is 5.82 Å². The van der Waals surface area contributed by atoms with Crippen molar-refractivity contribution < 1.29 is 18.6 Å². The maximum Gasteiger partial charge on any atom is 0.195 e. The fourth-order valence-electron chi connectivity index (χ4n) is 3.19. The second kappa shape index (κ2) is 14.9. The van der Waals surface area contributed by atoms with Gasteiger partial charge in [-0.3, -0.25) is 4.99 Å². The first kappa shape index (κ1) is 26.2. The predicted molar refractivity (Wildman–Crippen MR) is 137 cm³/mol. The molecule has 0 bridgehead atoms. The maximum absolute atomic E-state index is 13.9. The van der Waals surface area contributed by atoms with E-state index in [0.717, 1.165) is 49.7 Å². The molecule has 0 aliphatic carbocycles. The Bertz CT molecular complexity index is 851. The zero-order valence-corrected chi connectivity index (χ0v) is 20.9. The SMILES string of the molecule is CCOCCCCN=C(NCCc1ccccc1F)Nc1ccc2c(c1)OCCCO2.I. The van der Waals surface area contributed by atoms with Gasteiger partial charge in [0.25, 0.3) is 0 Å². The number of nitrogens with zero attached hydrogens (tertiary/aromatic N) is 1. The first-order chi connectivity index (χ1) is 15.3. The summed E-state index contributed by atoms with van der Waals surface area (Å²) in [6.07, 6.45) is 3.33. The summed E-state index contributed by atoms with van der Waals surface area (Å²) >= 11 is 0. The number of fused-ring (bicyclic) bond motifs is 1. The lowest BCUT2D eigenvalue weighted by molar-refractivity contribution is 0.144. The van der Waals surface area contributed by atoms with Crippen molar-refractivity contribution in [2.45, 2.75) is 32.6 Å². The van der Waals surface area contributed by atoms with Crippen LogP contribution < -0.4 is 20.1 Å². The Balaban J connectivity index is 0.00000363. The first-order valence-electron chi connectivity index (χ1n) is 11.0. The molecule has 176 valence electrons. The van der Waals surface area contributed by atoms with E-state index in [9.17, 15) is 4.39 Å². The summed E-state index contributed by atoms with van der Waals surface area (Å²) < 4.78 is 30.8. The minimum Gasteiger partial charge on any atom is -0.490 e. The highest BCUT2D eigenvalue weighted by molar-refractivity contribution is 14.0. The van der Waals surface area contributed by atoms with E-state index < -0.39 is 0 Å². The van der Waals surface area contributed by atoms with Gasteiger partial charge >= 0.3 is 0 Å². The van der Waals surface area contributed by atoms with Gasteiger partial charge in [0, 0.05) is 44.5 Å². The molecule has 0 saturated heterocycles. The van der Waals surface area contributed by atoms with Crippen LogP contribution in [-0.2, 0) is 11.2 Å². The van der Waals surface area contributed by atoms with Crippen LogP contribution in [0.1, 0.15) is 31.7 Å². The summed E-state index contributed by atoms with van der Waals surface area (Å²) in [6, 6.07) is 12.6. The number of nitrogens with one attached hydrogen (secondary N) is 2. The van der Waals surface area contributed by atoms with Gasteiger partial charge in [0.1, 0.15) is 5.82 Å². The number of ether oxygens (including phenoxy) is 3. The number of halogens is 2. The Morgan fingerprint density at radius 2 is 1.91 bits per heavy atom. The Hall–Kier alpha value is -2.07. The molecular formula is C24H33FIN3O3. The van der Waals surface area contributed by atoms with E-state index >= 15 is 0 Å². The summed E-state index contributed by atoms with van der Waals surface area (Å²) in [7, 11) is 0. The molecule has 6 nitrogen and oxygen atoms in total. The third-order valence-corrected chi connectivity index (χ3v) is 4.83. The van der Waals surface area contributed by atoms with E-state index in [0.29, 0.717) is 44.2 Å². The number of unbranched alkanes of at least 4 members (excludes halogenated alkanes) is 1. The topological polar surface area (TPSA) is 64.1 Å². The lowest BCUT2D eigenvalue weighted by Gasteiger charge is -2.15. The normalized spacial score (nSPS) is 13.1. The van der Waals surface area contributed by atoms with Crippen LogP contribution in [0.15, 0.2) is 47.5 Å². The first-order valence-corrected chi connectivity index (χ1v) is 11.0. The summed E-state index contributed by atoms with van der Waals surface area (Å²) in [5.74, 6) is 1.95. The zero-order chi connectivity index (χ0) is 21.7. The third-order valence-electron chi connectivity index (χ3n) is 4.83. The number of hydrogen-bond donors (Lipinski definition) is 2. The van der Waals surface area contributed by atoms with Crippen molar-refractivity contribution in [2.24, 2.45) is 4.99 Å². The molecule has 2 N–H and O–H groups in total. The van der Waals surface area contributed by atoms with Gasteiger partial charge in [0.2, 0.25) is 0 Å². The van der Waals surface area contributed by atoms with Crippen LogP contribution >= 0.6 is 24.0 Å². The number of aliphatic imine (C=N–C) groups is 1. The van der Waals surface area contributed by atoms with Gasteiger partial charge in [-0.2, -0.15) is 0 Å². The van der Waals surface area contributed by atoms with Crippen LogP contribution in [0.25, 0.3) is 0 Å². The summed E-state index contributed by atoms with van der Waals surface area (Å²) in [5.41, 5.74) is 1.54. The molecule has 2 aromatic carbocycles. The second-order valence-corrected chi connectivity index (χ2v) is 7.24. The monoisotopic (exact) mass is 557 g/mol. The summed E-state index contributed by atoms with van der Waals surface area (Å²) in [4.78, 5) is 4.67. The minimum absolute atomic E-state index is 0. The van der Waals surface area contributed by atoms with E-state index in [2.05, 4.69) is 15.6 Å². The molecule has 1 heterocycles. The van der Waals surface area contributed by atoms with Crippen molar-refractivity contribution in [2.75, 3.05) is 44.8 Å². The number of rotatable bonds is 10. The van der Waals surface area contributed by atoms with E-state index in [-0.39, 0.29) is 29.8 Å². The highest BCUT2D eigenvalue weighted by Gasteiger charge is 2.11. The van der Waals surface area contributed by atoms with Crippen molar-refractivity contribution in [1.82, 2.24) is 5.32 Å². The largest absolute Gasteiger partial charge is 0.490 e. The van der Waals surface area contributed by atoms with Gasteiger partial charge in [0.05, 0.1) is 13.2 Å². The number of benzene rings is 2. The van der Waals surface area contributed by atoms with Gasteiger partial charge in [-0.25, -0.2) is 4.39 Å². The third kappa shape index (κ3) is 8.82. The molecular weight excluding hydrogens is 524 g/mol. The molecule has 0 fully saturated rings. The number of guanidine groups is 1. The van der Waals surface area contributed by atoms with Crippen molar-refractivity contribution in [1.29, 1.82) is 0 Å². The van der Waals surface area contributed by atoms with Gasteiger partial charge in [0.15, 0.2) is 17.5 Å². The second-order valence-electron chi connectivity index (χ2n) is 7.24. The van der Waals surface area contributed by atoms with Gasteiger partial charge in [-0.15, -0.1) is 24.0 Å². The molecule has 3 rings (SSSR count). The molecule has 0 aromatic heterocycles. The average Bonchev–Trinajstić information content (AvgIpc) is 3.02. The number of hydrogen-bond acceptors (Lipinski definition) is 4.